The van der Waals surface area contributed by atoms with Gasteiger partial charge in [0.15, 0.2) is 17.1 Å². The molecule has 1 aromatic carbocycles. The quantitative estimate of drug-likeness (QED) is 0.854. The van der Waals surface area contributed by atoms with Crippen molar-refractivity contribution in [1.82, 2.24) is 4.90 Å². The number of fused-ring (bicyclic) bond motifs is 3. The smallest absolute Gasteiger partial charge is 0.290 e. The van der Waals surface area contributed by atoms with Crippen LogP contribution in [0, 0.1) is 0 Å². The summed E-state index contributed by atoms with van der Waals surface area (Å²) in [5.74, 6) is 1.14. The highest BCUT2D eigenvalue weighted by Crippen LogP contribution is 2.41. The Hall–Kier alpha value is -1.62. The van der Waals surface area contributed by atoms with E-state index >= 15 is 0 Å². The summed E-state index contributed by atoms with van der Waals surface area (Å²) in [4.78, 5) is 15.1. The molecule has 2 aliphatic heterocycles. The van der Waals surface area contributed by atoms with E-state index in [2.05, 4.69) is 11.2 Å². The number of hydrogen-bond donors (Lipinski definition) is 0. The minimum absolute atomic E-state index is 0.0373. The Morgan fingerprint density at radius 1 is 1.30 bits per heavy atom. The molecule has 0 radical (unpaired) electrons. The molecule has 0 saturated carbocycles. The highest BCUT2D eigenvalue weighted by atomic mass is 32.2. The Labute approximate surface area is 140 Å². The van der Waals surface area contributed by atoms with Gasteiger partial charge in [0.05, 0.1) is 7.11 Å². The average molecular weight is 331 g/mol. The molecule has 0 aliphatic carbocycles. The van der Waals surface area contributed by atoms with E-state index in [-0.39, 0.29) is 5.91 Å². The Bertz CT molecular complexity index is 727. The number of benzene rings is 1. The summed E-state index contributed by atoms with van der Waals surface area (Å²) in [6.07, 6.45) is 6.63. The van der Waals surface area contributed by atoms with Gasteiger partial charge in [0, 0.05) is 22.7 Å². The van der Waals surface area contributed by atoms with E-state index in [1.165, 1.54) is 0 Å². The highest BCUT2D eigenvalue weighted by Gasteiger charge is 2.44. The van der Waals surface area contributed by atoms with Gasteiger partial charge in [-0.05, 0) is 44.1 Å². The summed E-state index contributed by atoms with van der Waals surface area (Å²) in [7, 11) is 1.62. The summed E-state index contributed by atoms with van der Waals surface area (Å²) < 4.78 is 11.2. The van der Waals surface area contributed by atoms with E-state index in [1.807, 2.05) is 36.0 Å². The lowest BCUT2D eigenvalue weighted by Crippen LogP contribution is -2.47. The lowest BCUT2D eigenvalue weighted by atomic mass is 10.0. The van der Waals surface area contributed by atoms with Crippen LogP contribution in [0.15, 0.2) is 28.7 Å². The van der Waals surface area contributed by atoms with Crippen LogP contribution in [0.2, 0.25) is 0 Å². The summed E-state index contributed by atoms with van der Waals surface area (Å²) in [5, 5.41) is 1.60. The number of piperidine rings is 1. The molecule has 2 bridgehead atoms. The number of methoxy groups -OCH3 is 1. The van der Waals surface area contributed by atoms with Crippen molar-refractivity contribution >= 4 is 28.6 Å². The number of hydrogen-bond acceptors (Lipinski definition) is 4. The fourth-order valence-corrected chi connectivity index (χ4v) is 4.91. The number of ether oxygens (including phenoxy) is 1. The molecule has 1 amide bonds. The van der Waals surface area contributed by atoms with E-state index in [0.717, 1.165) is 31.1 Å². The summed E-state index contributed by atoms with van der Waals surface area (Å²) in [6.45, 7) is 0. The molecule has 3 heterocycles. The van der Waals surface area contributed by atoms with E-state index in [4.69, 9.17) is 9.15 Å². The number of rotatable bonds is 3. The molecule has 0 N–H and O–H groups in total. The minimum atomic E-state index is 0.0373. The zero-order valence-electron chi connectivity index (χ0n) is 13.5. The maximum atomic E-state index is 13.0. The third kappa shape index (κ3) is 2.42. The Balaban J connectivity index is 1.65. The van der Waals surface area contributed by atoms with Crippen LogP contribution in [0.25, 0.3) is 11.0 Å². The summed E-state index contributed by atoms with van der Waals surface area (Å²) in [5.41, 5.74) is 0.657. The first-order valence-corrected chi connectivity index (χ1v) is 9.42. The molecule has 2 unspecified atom stereocenters. The molecule has 2 fully saturated rings. The van der Waals surface area contributed by atoms with Gasteiger partial charge in [-0.2, -0.15) is 11.8 Å². The Morgan fingerprint density at radius 2 is 2.04 bits per heavy atom. The van der Waals surface area contributed by atoms with Crippen LogP contribution in [0.5, 0.6) is 5.75 Å². The standard InChI is InChI=1S/C18H21NO3S/c1-21-15-5-3-4-11-8-16(22-17(11)15)18(20)19-12-6-7-13(19)10-14(9-12)23-2/h3-5,8,12-14H,6-7,9-10H2,1-2H3. The molecule has 2 saturated heterocycles. The van der Waals surface area contributed by atoms with Gasteiger partial charge in [-0.25, -0.2) is 0 Å². The van der Waals surface area contributed by atoms with Gasteiger partial charge in [0.1, 0.15) is 0 Å². The van der Waals surface area contributed by atoms with E-state index in [1.54, 1.807) is 7.11 Å². The number of carbonyl (C=O) groups excluding carboxylic acids is 1. The summed E-state index contributed by atoms with van der Waals surface area (Å²) in [6, 6.07) is 8.31. The molecule has 2 aromatic rings. The molecule has 2 aliphatic rings. The van der Waals surface area contributed by atoms with Gasteiger partial charge < -0.3 is 14.1 Å². The maximum Gasteiger partial charge on any atom is 0.290 e. The number of thioether (sulfide) groups is 1. The number of furan rings is 1. The number of carbonyl (C=O) groups is 1. The van der Waals surface area contributed by atoms with Crippen LogP contribution in [-0.4, -0.2) is 41.5 Å². The van der Waals surface area contributed by atoms with Crippen molar-refractivity contribution in [2.45, 2.75) is 43.0 Å². The average Bonchev–Trinajstić information content (AvgIpc) is 3.12. The lowest BCUT2D eigenvalue weighted by molar-refractivity contribution is 0.0571. The van der Waals surface area contributed by atoms with Crippen molar-refractivity contribution in [3.63, 3.8) is 0 Å². The van der Waals surface area contributed by atoms with Gasteiger partial charge in [-0.15, -0.1) is 0 Å². The zero-order chi connectivity index (χ0) is 16.0. The van der Waals surface area contributed by atoms with Crippen LogP contribution < -0.4 is 4.74 Å². The maximum absolute atomic E-state index is 13.0. The van der Waals surface area contributed by atoms with Gasteiger partial charge >= 0.3 is 0 Å². The second kappa shape index (κ2) is 5.78. The highest BCUT2D eigenvalue weighted by molar-refractivity contribution is 7.99. The SMILES string of the molecule is COc1cccc2cc(C(=O)N3C4CCC3CC(SC)C4)oc12. The second-order valence-electron chi connectivity index (χ2n) is 6.42. The van der Waals surface area contributed by atoms with Crippen LogP contribution in [0.3, 0.4) is 0 Å². The molecule has 2 atom stereocenters. The molecule has 1 aromatic heterocycles. The van der Waals surface area contributed by atoms with E-state index in [0.29, 0.717) is 34.4 Å². The van der Waals surface area contributed by atoms with E-state index < -0.39 is 0 Å². The van der Waals surface area contributed by atoms with Crippen molar-refractivity contribution in [2.75, 3.05) is 13.4 Å². The monoisotopic (exact) mass is 331 g/mol. The number of amides is 1. The predicted octanol–water partition coefficient (Wildman–Crippen LogP) is 3.94. The number of para-hydroxylation sites is 1. The van der Waals surface area contributed by atoms with Crippen LogP contribution in [-0.2, 0) is 0 Å². The first kappa shape index (κ1) is 14.9. The predicted molar refractivity (Wildman–Crippen MR) is 92.3 cm³/mol. The van der Waals surface area contributed by atoms with Crippen molar-refractivity contribution in [1.29, 1.82) is 0 Å². The fraction of sp³-hybridized carbons (Fsp3) is 0.500. The normalized spacial score (nSPS) is 26.7. The van der Waals surface area contributed by atoms with E-state index in [9.17, 15) is 4.79 Å². The molecular weight excluding hydrogens is 310 g/mol. The second-order valence-corrected chi connectivity index (χ2v) is 7.55. The van der Waals surface area contributed by atoms with Gasteiger partial charge in [-0.1, -0.05) is 12.1 Å². The molecule has 4 nitrogen and oxygen atoms in total. The fourth-order valence-electron chi connectivity index (χ4n) is 4.08. The van der Waals surface area contributed by atoms with Gasteiger partial charge in [0.25, 0.3) is 5.91 Å². The Morgan fingerprint density at radius 3 is 2.70 bits per heavy atom. The van der Waals surface area contributed by atoms with Crippen molar-refractivity contribution < 1.29 is 13.9 Å². The first-order valence-electron chi connectivity index (χ1n) is 8.13. The Kier molecular flexibility index (Phi) is 3.76. The minimum Gasteiger partial charge on any atom is -0.493 e. The van der Waals surface area contributed by atoms with Crippen molar-refractivity contribution in [2.24, 2.45) is 0 Å². The topological polar surface area (TPSA) is 42.7 Å². The number of nitrogens with zero attached hydrogens (tertiary/aromatic N) is 1. The largest absolute Gasteiger partial charge is 0.493 e. The molecule has 0 spiro atoms. The van der Waals surface area contributed by atoms with Crippen molar-refractivity contribution in [3.8, 4) is 5.75 Å². The molecule has 23 heavy (non-hydrogen) atoms. The van der Waals surface area contributed by atoms with Gasteiger partial charge in [-0.3, -0.25) is 4.79 Å². The lowest BCUT2D eigenvalue weighted by Gasteiger charge is -2.37. The van der Waals surface area contributed by atoms with Crippen molar-refractivity contribution in [3.05, 3.63) is 30.0 Å². The molecular formula is C18H21NO3S. The van der Waals surface area contributed by atoms with Crippen LogP contribution >= 0.6 is 11.8 Å². The molecule has 4 rings (SSSR count). The molecule has 5 heteroatoms. The van der Waals surface area contributed by atoms with Gasteiger partial charge in [0.2, 0.25) is 0 Å². The third-order valence-corrected chi connectivity index (χ3v) is 6.25. The van der Waals surface area contributed by atoms with Crippen LogP contribution in [0.4, 0.5) is 0 Å². The van der Waals surface area contributed by atoms with Crippen LogP contribution in [0.1, 0.15) is 36.2 Å². The first-order chi connectivity index (χ1) is 11.2. The third-order valence-electron chi connectivity index (χ3n) is 5.20. The molecule has 122 valence electrons. The summed E-state index contributed by atoms with van der Waals surface area (Å²) >= 11 is 1.93. The zero-order valence-corrected chi connectivity index (χ0v) is 14.3.